The van der Waals surface area contributed by atoms with E-state index in [0.717, 1.165) is 19.3 Å². The van der Waals surface area contributed by atoms with Crippen LogP contribution in [0.5, 0.6) is 0 Å². The Hall–Kier alpha value is -0.0800. The van der Waals surface area contributed by atoms with Gasteiger partial charge in [-0.25, -0.2) is 0 Å². The first-order valence-corrected chi connectivity index (χ1v) is 4.04. The van der Waals surface area contributed by atoms with Gasteiger partial charge in [-0.15, -0.1) is 0 Å². The first-order valence-electron chi connectivity index (χ1n) is 4.04. The van der Waals surface area contributed by atoms with Crippen molar-refractivity contribution in [3.63, 3.8) is 0 Å². The van der Waals surface area contributed by atoms with Crippen LogP contribution in [-0.4, -0.2) is 19.3 Å². The highest BCUT2D eigenvalue weighted by atomic mass is 16.5. The lowest BCUT2D eigenvalue weighted by molar-refractivity contribution is 0.0716. The summed E-state index contributed by atoms with van der Waals surface area (Å²) in [5, 5.41) is 0. The topological polar surface area (TPSA) is 35.2 Å². The molecule has 10 heavy (non-hydrogen) atoms. The van der Waals surface area contributed by atoms with Crippen LogP contribution in [0.1, 0.15) is 33.1 Å². The Labute approximate surface area is 63.7 Å². The van der Waals surface area contributed by atoms with Gasteiger partial charge >= 0.3 is 0 Å². The van der Waals surface area contributed by atoms with Crippen LogP contribution in [0.25, 0.3) is 0 Å². The molecule has 0 spiro atoms. The zero-order chi connectivity index (χ0) is 7.98. The van der Waals surface area contributed by atoms with Gasteiger partial charge in [0.1, 0.15) is 0 Å². The molecule has 2 atom stereocenters. The predicted molar refractivity (Wildman–Crippen MR) is 44.0 cm³/mol. The van der Waals surface area contributed by atoms with Gasteiger partial charge in [0.15, 0.2) is 0 Å². The molecule has 0 aromatic heterocycles. The molecule has 0 saturated carbocycles. The van der Waals surface area contributed by atoms with Crippen molar-refractivity contribution in [1.29, 1.82) is 0 Å². The van der Waals surface area contributed by atoms with Gasteiger partial charge in [-0.1, -0.05) is 20.3 Å². The lowest BCUT2D eigenvalue weighted by Gasteiger charge is -2.20. The van der Waals surface area contributed by atoms with Crippen LogP contribution in [0.4, 0.5) is 0 Å². The Morgan fingerprint density at radius 1 is 1.40 bits per heavy atom. The van der Waals surface area contributed by atoms with Crippen LogP contribution < -0.4 is 5.73 Å². The molecule has 0 heterocycles. The molecule has 0 aromatic carbocycles. The number of methoxy groups -OCH3 is 1. The molecule has 0 aliphatic heterocycles. The predicted octanol–water partition coefficient (Wildman–Crippen LogP) is 1.54. The summed E-state index contributed by atoms with van der Waals surface area (Å²) in [5.74, 6) is 0. The molecule has 0 saturated heterocycles. The van der Waals surface area contributed by atoms with Crippen LogP contribution in [-0.2, 0) is 4.74 Å². The molecule has 0 aliphatic rings. The first kappa shape index (κ1) is 9.92. The molecule has 0 amide bonds. The molecule has 2 nitrogen and oxygen atoms in total. The Morgan fingerprint density at radius 2 is 2.00 bits per heavy atom. The fourth-order valence-electron chi connectivity index (χ4n) is 1.05. The van der Waals surface area contributed by atoms with Crippen molar-refractivity contribution in [3.8, 4) is 0 Å². The first-order chi connectivity index (χ1) is 4.76. The number of hydrogen-bond donors (Lipinski definition) is 1. The highest BCUT2D eigenvalue weighted by Crippen LogP contribution is 2.06. The summed E-state index contributed by atoms with van der Waals surface area (Å²) >= 11 is 0. The normalized spacial score (nSPS) is 16.8. The van der Waals surface area contributed by atoms with Crippen molar-refractivity contribution in [2.45, 2.75) is 45.3 Å². The Balaban J connectivity index is 3.56. The van der Waals surface area contributed by atoms with E-state index in [9.17, 15) is 0 Å². The number of ether oxygens (including phenoxy) is 1. The Kier molecular flexibility index (Phi) is 5.64. The van der Waals surface area contributed by atoms with Gasteiger partial charge in [0.05, 0.1) is 6.10 Å². The molecular weight excluding hydrogens is 126 g/mol. The molecule has 0 fully saturated rings. The molecule has 1 unspecified atom stereocenters. The van der Waals surface area contributed by atoms with Crippen molar-refractivity contribution < 1.29 is 4.74 Å². The second-order valence-electron chi connectivity index (χ2n) is 2.63. The van der Waals surface area contributed by atoms with Gasteiger partial charge in [-0.2, -0.15) is 0 Å². The zero-order valence-electron chi connectivity index (χ0n) is 7.26. The quantitative estimate of drug-likeness (QED) is 0.637. The maximum Gasteiger partial charge on any atom is 0.0721 e. The highest BCUT2D eigenvalue weighted by Gasteiger charge is 2.13. The minimum atomic E-state index is 0.213. The van der Waals surface area contributed by atoms with Crippen molar-refractivity contribution >= 4 is 0 Å². The third kappa shape index (κ3) is 3.18. The molecule has 0 aromatic rings. The summed E-state index contributed by atoms with van der Waals surface area (Å²) in [5.41, 5.74) is 5.79. The Bertz CT molecular complexity index is 75.7. The van der Waals surface area contributed by atoms with E-state index in [1.807, 2.05) is 0 Å². The second kappa shape index (κ2) is 5.69. The SMILES string of the molecule is CCCC(OC)[C@H](N)CC. The van der Waals surface area contributed by atoms with E-state index in [0.29, 0.717) is 0 Å². The number of hydrogen-bond acceptors (Lipinski definition) is 2. The second-order valence-corrected chi connectivity index (χ2v) is 2.63. The van der Waals surface area contributed by atoms with Crippen molar-refractivity contribution in [2.24, 2.45) is 5.73 Å². The smallest absolute Gasteiger partial charge is 0.0721 e. The van der Waals surface area contributed by atoms with E-state index in [2.05, 4.69) is 13.8 Å². The van der Waals surface area contributed by atoms with E-state index in [1.54, 1.807) is 7.11 Å². The fraction of sp³-hybridized carbons (Fsp3) is 1.00. The third-order valence-electron chi connectivity index (χ3n) is 1.82. The summed E-state index contributed by atoms with van der Waals surface area (Å²) in [6.07, 6.45) is 3.48. The fourth-order valence-corrected chi connectivity index (χ4v) is 1.05. The Morgan fingerprint density at radius 3 is 2.30 bits per heavy atom. The molecule has 0 aliphatic carbocycles. The van der Waals surface area contributed by atoms with Crippen molar-refractivity contribution in [2.75, 3.05) is 7.11 Å². The maximum absolute atomic E-state index is 5.79. The van der Waals surface area contributed by atoms with Crippen LogP contribution in [0.3, 0.4) is 0 Å². The van der Waals surface area contributed by atoms with Gasteiger partial charge in [0.25, 0.3) is 0 Å². The van der Waals surface area contributed by atoms with E-state index < -0.39 is 0 Å². The van der Waals surface area contributed by atoms with Gasteiger partial charge < -0.3 is 10.5 Å². The van der Waals surface area contributed by atoms with Gasteiger partial charge in [0.2, 0.25) is 0 Å². The molecule has 62 valence electrons. The summed E-state index contributed by atoms with van der Waals surface area (Å²) in [6, 6.07) is 0.213. The van der Waals surface area contributed by atoms with Crippen LogP contribution in [0.2, 0.25) is 0 Å². The average Bonchev–Trinajstić information content (AvgIpc) is 1.99. The molecule has 0 radical (unpaired) electrons. The average molecular weight is 145 g/mol. The van der Waals surface area contributed by atoms with Crippen LogP contribution in [0.15, 0.2) is 0 Å². The van der Waals surface area contributed by atoms with Crippen molar-refractivity contribution in [3.05, 3.63) is 0 Å². The van der Waals surface area contributed by atoms with Gasteiger partial charge in [-0.3, -0.25) is 0 Å². The van der Waals surface area contributed by atoms with Gasteiger partial charge in [-0.05, 0) is 12.8 Å². The minimum Gasteiger partial charge on any atom is -0.380 e. The standard InChI is InChI=1S/C8H19NO/c1-4-6-8(10-3)7(9)5-2/h7-8H,4-6,9H2,1-3H3/t7-,8?/m1/s1. The number of rotatable bonds is 5. The lowest BCUT2D eigenvalue weighted by atomic mass is 10.1. The zero-order valence-corrected chi connectivity index (χ0v) is 7.26. The van der Waals surface area contributed by atoms with Crippen molar-refractivity contribution in [1.82, 2.24) is 0 Å². The van der Waals surface area contributed by atoms with E-state index in [-0.39, 0.29) is 12.1 Å². The summed E-state index contributed by atoms with van der Waals surface area (Å²) in [7, 11) is 1.73. The monoisotopic (exact) mass is 145 g/mol. The van der Waals surface area contributed by atoms with Gasteiger partial charge in [0, 0.05) is 13.2 Å². The van der Waals surface area contributed by atoms with E-state index >= 15 is 0 Å². The van der Waals surface area contributed by atoms with Crippen LogP contribution >= 0.6 is 0 Å². The largest absolute Gasteiger partial charge is 0.380 e. The molecule has 0 rings (SSSR count). The molecule has 0 bridgehead atoms. The molecular formula is C8H19NO. The lowest BCUT2D eigenvalue weighted by Crippen LogP contribution is -2.35. The molecule has 2 heteroatoms. The van der Waals surface area contributed by atoms with Crippen LogP contribution in [0, 0.1) is 0 Å². The minimum absolute atomic E-state index is 0.213. The number of nitrogens with two attached hydrogens (primary N) is 1. The third-order valence-corrected chi connectivity index (χ3v) is 1.82. The van der Waals surface area contributed by atoms with E-state index in [4.69, 9.17) is 10.5 Å². The summed E-state index contributed by atoms with van der Waals surface area (Å²) in [4.78, 5) is 0. The molecule has 2 N–H and O–H groups in total. The highest BCUT2D eigenvalue weighted by molar-refractivity contribution is 4.70. The maximum atomic E-state index is 5.79. The summed E-state index contributed by atoms with van der Waals surface area (Å²) < 4.78 is 5.22. The van der Waals surface area contributed by atoms with E-state index in [1.165, 1.54) is 0 Å². The summed E-state index contributed by atoms with van der Waals surface area (Å²) in [6.45, 7) is 4.24.